The van der Waals surface area contributed by atoms with E-state index < -0.39 is 21.9 Å². The van der Waals surface area contributed by atoms with E-state index >= 15 is 0 Å². The first-order valence-corrected chi connectivity index (χ1v) is 8.75. The number of hydrogen-bond donors (Lipinski definition) is 2. The topological polar surface area (TPSA) is 114 Å². The molecule has 132 valence electrons. The first kappa shape index (κ1) is 17.4. The van der Waals surface area contributed by atoms with Crippen LogP contribution in [0.1, 0.15) is 10.4 Å². The molecule has 1 amide bonds. The monoisotopic (exact) mass is 373 g/mol. The molecule has 3 aromatic rings. The smallest absolute Gasteiger partial charge is 0.264 e. The van der Waals surface area contributed by atoms with Gasteiger partial charge in [-0.05, 0) is 36.4 Å². The second-order valence-electron chi connectivity index (χ2n) is 5.02. The molecule has 8 nitrogen and oxygen atoms in total. The highest BCUT2D eigenvalue weighted by Gasteiger charge is 2.15. The molecule has 0 saturated heterocycles. The van der Waals surface area contributed by atoms with Crippen LogP contribution >= 0.6 is 0 Å². The number of nitrogens with zero attached hydrogens (tertiary/aromatic N) is 3. The van der Waals surface area contributed by atoms with Crippen molar-refractivity contribution < 1.29 is 17.6 Å². The third kappa shape index (κ3) is 4.16. The Morgan fingerprint density at radius 3 is 2.31 bits per heavy atom. The summed E-state index contributed by atoms with van der Waals surface area (Å²) in [4.78, 5) is 23.0. The number of pyridine rings is 1. The van der Waals surface area contributed by atoms with Crippen molar-refractivity contribution in [1.29, 1.82) is 0 Å². The Bertz CT molecular complexity index is 1030. The van der Waals surface area contributed by atoms with E-state index in [0.717, 1.165) is 6.07 Å². The lowest BCUT2D eigenvalue weighted by atomic mass is 10.2. The highest BCUT2D eigenvalue weighted by Crippen LogP contribution is 2.17. The fourth-order valence-corrected chi connectivity index (χ4v) is 2.95. The molecule has 10 heteroatoms. The van der Waals surface area contributed by atoms with Crippen molar-refractivity contribution in [1.82, 2.24) is 15.0 Å². The number of amides is 1. The average Bonchev–Trinajstić information content (AvgIpc) is 2.62. The fraction of sp³-hybridized carbons (Fsp3) is 0. The zero-order valence-electron chi connectivity index (χ0n) is 13.1. The number of hydrogen-bond acceptors (Lipinski definition) is 6. The summed E-state index contributed by atoms with van der Waals surface area (Å²) in [5, 5.41) is 2.54. The number of anilines is 2. The van der Waals surface area contributed by atoms with Crippen molar-refractivity contribution in [3.05, 3.63) is 72.6 Å². The van der Waals surface area contributed by atoms with Crippen LogP contribution in [0.2, 0.25) is 0 Å². The zero-order chi connectivity index (χ0) is 18.6. The maximum Gasteiger partial charge on any atom is 0.264 e. The molecule has 1 aromatic carbocycles. The highest BCUT2D eigenvalue weighted by molar-refractivity contribution is 7.92. The molecular weight excluding hydrogens is 361 g/mol. The highest BCUT2D eigenvalue weighted by atomic mass is 32.2. The third-order valence-corrected chi connectivity index (χ3v) is 4.55. The van der Waals surface area contributed by atoms with E-state index in [1.54, 1.807) is 6.07 Å². The van der Waals surface area contributed by atoms with Gasteiger partial charge in [-0.25, -0.2) is 28.1 Å². The lowest BCUT2D eigenvalue weighted by molar-refractivity contribution is 0.102. The van der Waals surface area contributed by atoms with E-state index in [9.17, 15) is 17.6 Å². The molecule has 0 unspecified atom stereocenters. The maximum atomic E-state index is 13.1. The van der Waals surface area contributed by atoms with E-state index in [1.165, 1.54) is 48.9 Å². The van der Waals surface area contributed by atoms with Crippen LogP contribution in [-0.4, -0.2) is 29.3 Å². The van der Waals surface area contributed by atoms with Gasteiger partial charge in [0.2, 0.25) is 11.9 Å². The molecule has 0 spiro atoms. The Hall–Kier alpha value is -3.40. The van der Waals surface area contributed by atoms with Gasteiger partial charge in [0.05, 0.1) is 4.90 Å². The van der Waals surface area contributed by atoms with Crippen LogP contribution in [0.4, 0.5) is 16.0 Å². The van der Waals surface area contributed by atoms with Crippen molar-refractivity contribution >= 4 is 27.6 Å². The molecule has 0 aliphatic carbocycles. The van der Waals surface area contributed by atoms with Gasteiger partial charge in [-0.1, -0.05) is 0 Å². The predicted molar refractivity (Wildman–Crippen MR) is 91.4 cm³/mol. The Morgan fingerprint density at radius 1 is 0.962 bits per heavy atom. The maximum absolute atomic E-state index is 13.1. The quantitative estimate of drug-likeness (QED) is 0.662. The number of carbonyl (C=O) groups excluding carboxylic acids is 1. The molecule has 0 saturated carbocycles. The molecule has 26 heavy (non-hydrogen) atoms. The van der Waals surface area contributed by atoms with Gasteiger partial charge >= 0.3 is 0 Å². The summed E-state index contributed by atoms with van der Waals surface area (Å²) in [5.74, 6) is -1.37. The number of rotatable bonds is 5. The van der Waals surface area contributed by atoms with E-state index in [-0.39, 0.29) is 16.4 Å². The Morgan fingerprint density at radius 2 is 1.65 bits per heavy atom. The van der Waals surface area contributed by atoms with Crippen LogP contribution in [0.5, 0.6) is 0 Å². The van der Waals surface area contributed by atoms with E-state index in [1.807, 2.05) is 0 Å². The summed E-state index contributed by atoms with van der Waals surface area (Å²) in [5.41, 5.74) is 0.444. The number of benzene rings is 1. The normalized spacial score (nSPS) is 11.0. The molecule has 0 bridgehead atoms. The summed E-state index contributed by atoms with van der Waals surface area (Å²) in [6.45, 7) is 0. The second-order valence-corrected chi connectivity index (χ2v) is 6.71. The van der Waals surface area contributed by atoms with E-state index in [2.05, 4.69) is 25.0 Å². The van der Waals surface area contributed by atoms with Crippen LogP contribution in [-0.2, 0) is 10.0 Å². The summed E-state index contributed by atoms with van der Waals surface area (Å²) >= 11 is 0. The van der Waals surface area contributed by atoms with Gasteiger partial charge in [-0.15, -0.1) is 0 Å². The molecule has 0 atom stereocenters. The number of halogens is 1. The fourth-order valence-electron chi connectivity index (χ4n) is 2.00. The molecule has 2 heterocycles. The van der Waals surface area contributed by atoms with Crippen LogP contribution < -0.4 is 10.0 Å². The molecule has 0 radical (unpaired) electrons. The third-order valence-electron chi connectivity index (χ3n) is 3.20. The minimum absolute atomic E-state index is 0.0297. The van der Waals surface area contributed by atoms with Gasteiger partial charge in [0, 0.05) is 35.9 Å². The SMILES string of the molecule is O=C(Nc1ccc(S(=O)(=O)Nc2ncccn2)cc1)c1ccnc(F)c1. The summed E-state index contributed by atoms with van der Waals surface area (Å²) < 4.78 is 39.8. The molecule has 3 rings (SSSR count). The van der Waals surface area contributed by atoms with Gasteiger partial charge in [0.15, 0.2) is 0 Å². The summed E-state index contributed by atoms with van der Waals surface area (Å²) in [6.07, 6.45) is 3.99. The number of sulfonamides is 1. The molecule has 0 aliphatic rings. The lowest BCUT2D eigenvalue weighted by Crippen LogP contribution is -2.15. The van der Waals surface area contributed by atoms with Gasteiger partial charge in [-0.2, -0.15) is 4.39 Å². The summed E-state index contributed by atoms with van der Waals surface area (Å²) in [6, 6.07) is 9.37. The largest absolute Gasteiger partial charge is 0.322 e. The van der Waals surface area contributed by atoms with Crippen molar-refractivity contribution in [3.8, 4) is 0 Å². The number of carbonyl (C=O) groups is 1. The standard InChI is InChI=1S/C16H12FN5O3S/c17-14-10-11(6-9-18-14)15(23)21-12-2-4-13(5-3-12)26(24,25)22-16-19-7-1-8-20-16/h1-10H,(H,21,23)(H,19,20,22). The predicted octanol–water partition coefficient (Wildman–Crippen LogP) is 2.06. The average molecular weight is 373 g/mol. The molecule has 0 fully saturated rings. The molecule has 2 N–H and O–H groups in total. The van der Waals surface area contributed by atoms with Crippen LogP contribution in [0, 0.1) is 5.95 Å². The van der Waals surface area contributed by atoms with Crippen LogP contribution in [0.3, 0.4) is 0 Å². The minimum atomic E-state index is -3.86. The number of nitrogens with one attached hydrogen (secondary N) is 2. The van der Waals surface area contributed by atoms with Crippen LogP contribution in [0.25, 0.3) is 0 Å². The number of aromatic nitrogens is 3. The first-order chi connectivity index (χ1) is 12.4. The lowest BCUT2D eigenvalue weighted by Gasteiger charge is -2.08. The molecule has 2 aromatic heterocycles. The molecule has 0 aliphatic heterocycles. The van der Waals surface area contributed by atoms with E-state index in [0.29, 0.717) is 5.69 Å². The first-order valence-electron chi connectivity index (χ1n) is 7.27. The zero-order valence-corrected chi connectivity index (χ0v) is 13.9. The minimum Gasteiger partial charge on any atom is -0.322 e. The van der Waals surface area contributed by atoms with Crippen LogP contribution in [0.15, 0.2) is 66.0 Å². The van der Waals surface area contributed by atoms with Gasteiger partial charge in [-0.3, -0.25) is 4.79 Å². The second kappa shape index (κ2) is 7.23. The van der Waals surface area contributed by atoms with Crippen molar-refractivity contribution in [2.24, 2.45) is 0 Å². The van der Waals surface area contributed by atoms with Gasteiger partial charge in [0.25, 0.3) is 15.9 Å². The Labute approximate surface area is 148 Å². The van der Waals surface area contributed by atoms with Crippen molar-refractivity contribution in [2.45, 2.75) is 4.90 Å². The Kier molecular flexibility index (Phi) is 4.85. The Balaban J connectivity index is 1.73. The summed E-state index contributed by atoms with van der Waals surface area (Å²) in [7, 11) is -3.86. The van der Waals surface area contributed by atoms with Gasteiger partial charge < -0.3 is 5.32 Å². The van der Waals surface area contributed by atoms with Crippen molar-refractivity contribution in [3.63, 3.8) is 0 Å². The van der Waals surface area contributed by atoms with Crippen molar-refractivity contribution in [2.75, 3.05) is 10.0 Å². The van der Waals surface area contributed by atoms with Gasteiger partial charge in [0.1, 0.15) is 0 Å². The van der Waals surface area contributed by atoms with E-state index in [4.69, 9.17) is 0 Å². The molecular formula is C16H12FN5O3S.